The third-order valence-corrected chi connectivity index (χ3v) is 2.44. The van der Waals surface area contributed by atoms with Gasteiger partial charge < -0.3 is 4.57 Å². The summed E-state index contributed by atoms with van der Waals surface area (Å²) in [5.41, 5.74) is 1.58. The summed E-state index contributed by atoms with van der Waals surface area (Å²) < 4.78 is 2.24. The molecule has 0 radical (unpaired) electrons. The van der Waals surface area contributed by atoms with Crippen molar-refractivity contribution in [2.24, 2.45) is 0 Å². The third-order valence-electron chi connectivity index (χ3n) is 2.44. The van der Waals surface area contributed by atoms with Crippen molar-refractivity contribution in [1.82, 2.24) is 4.57 Å². The molecular formula is C12H19N. The Hall–Kier alpha value is -0.980. The normalized spacial score (nSPS) is 12.0. The summed E-state index contributed by atoms with van der Waals surface area (Å²) in [5, 5.41) is 0. The fraction of sp³-hybridized carbons (Fsp3) is 0.500. The van der Waals surface area contributed by atoms with E-state index in [1.54, 1.807) is 5.57 Å². The van der Waals surface area contributed by atoms with Gasteiger partial charge in [0.25, 0.3) is 0 Å². The maximum absolute atomic E-state index is 2.25. The van der Waals surface area contributed by atoms with Crippen molar-refractivity contribution in [1.29, 1.82) is 0 Å². The molecule has 1 rings (SSSR count). The van der Waals surface area contributed by atoms with Crippen LogP contribution in [-0.4, -0.2) is 4.57 Å². The minimum atomic E-state index is 1.14. The van der Waals surface area contributed by atoms with Crippen molar-refractivity contribution in [3.63, 3.8) is 0 Å². The minimum Gasteiger partial charge on any atom is -0.354 e. The summed E-state index contributed by atoms with van der Waals surface area (Å²) in [5.74, 6) is 0. The van der Waals surface area contributed by atoms with E-state index in [9.17, 15) is 0 Å². The van der Waals surface area contributed by atoms with Gasteiger partial charge in [0.1, 0.15) is 0 Å². The van der Waals surface area contributed by atoms with Gasteiger partial charge in [0, 0.05) is 18.9 Å². The monoisotopic (exact) mass is 177 g/mol. The maximum Gasteiger partial charge on any atom is 0.0222 e. The Labute approximate surface area is 81.1 Å². The van der Waals surface area contributed by atoms with E-state index < -0.39 is 0 Å². The maximum atomic E-state index is 2.25. The first-order chi connectivity index (χ1) is 6.36. The second kappa shape index (κ2) is 5.63. The van der Waals surface area contributed by atoms with Crippen molar-refractivity contribution < 1.29 is 0 Å². The predicted molar refractivity (Wildman–Crippen MR) is 57.7 cm³/mol. The highest BCUT2D eigenvalue weighted by atomic mass is 14.9. The standard InChI is InChI=1S/C12H19N/c1-3-12(4-2)8-7-11-13-9-5-6-10-13/h3,5-6,9-10H,4,7-8,11H2,1-2H3/b12-3+. The molecule has 1 heteroatoms. The fourth-order valence-electron chi connectivity index (χ4n) is 1.53. The Bertz CT molecular complexity index is 244. The summed E-state index contributed by atoms with van der Waals surface area (Å²) in [6.07, 6.45) is 10.2. The largest absolute Gasteiger partial charge is 0.354 e. The molecule has 1 aromatic rings. The average Bonchev–Trinajstić information content (AvgIpc) is 2.65. The van der Waals surface area contributed by atoms with E-state index in [1.807, 2.05) is 0 Å². The van der Waals surface area contributed by atoms with Crippen LogP contribution in [0.15, 0.2) is 36.2 Å². The first kappa shape index (κ1) is 10.1. The van der Waals surface area contributed by atoms with Crippen molar-refractivity contribution >= 4 is 0 Å². The lowest BCUT2D eigenvalue weighted by molar-refractivity contribution is 0.636. The van der Waals surface area contributed by atoms with E-state index in [1.165, 1.54) is 19.3 Å². The molecule has 0 aliphatic rings. The number of aryl methyl sites for hydroxylation is 1. The lowest BCUT2D eigenvalue weighted by atomic mass is 10.1. The molecule has 0 fully saturated rings. The smallest absolute Gasteiger partial charge is 0.0222 e. The topological polar surface area (TPSA) is 4.93 Å². The molecule has 0 N–H and O–H groups in total. The first-order valence-electron chi connectivity index (χ1n) is 5.11. The molecule has 0 aliphatic carbocycles. The number of hydrogen-bond acceptors (Lipinski definition) is 0. The third kappa shape index (κ3) is 3.49. The summed E-state index contributed by atoms with van der Waals surface area (Å²) in [7, 11) is 0. The van der Waals surface area contributed by atoms with Gasteiger partial charge >= 0.3 is 0 Å². The summed E-state index contributed by atoms with van der Waals surface area (Å²) >= 11 is 0. The van der Waals surface area contributed by atoms with Crippen LogP contribution in [-0.2, 0) is 6.54 Å². The molecule has 0 aromatic carbocycles. The molecule has 72 valence electrons. The van der Waals surface area contributed by atoms with E-state index in [2.05, 4.69) is 49.0 Å². The zero-order valence-electron chi connectivity index (χ0n) is 8.66. The SMILES string of the molecule is C/C=C(\CC)CCCn1cccc1. The van der Waals surface area contributed by atoms with Crippen molar-refractivity contribution in [2.75, 3.05) is 0 Å². The molecule has 0 amide bonds. The summed E-state index contributed by atoms with van der Waals surface area (Å²) in [6.45, 7) is 5.50. The molecular weight excluding hydrogens is 158 g/mol. The molecule has 0 unspecified atom stereocenters. The fourth-order valence-corrected chi connectivity index (χ4v) is 1.53. The molecule has 1 aromatic heterocycles. The molecule has 0 bridgehead atoms. The zero-order valence-corrected chi connectivity index (χ0v) is 8.66. The molecule has 0 saturated heterocycles. The van der Waals surface area contributed by atoms with E-state index >= 15 is 0 Å². The van der Waals surface area contributed by atoms with Crippen LogP contribution in [0, 0.1) is 0 Å². The van der Waals surface area contributed by atoms with E-state index in [-0.39, 0.29) is 0 Å². The Morgan fingerprint density at radius 1 is 1.31 bits per heavy atom. The van der Waals surface area contributed by atoms with Crippen LogP contribution >= 0.6 is 0 Å². The lowest BCUT2D eigenvalue weighted by Gasteiger charge is -2.04. The van der Waals surface area contributed by atoms with Crippen LogP contribution in [0.2, 0.25) is 0 Å². The molecule has 1 heterocycles. The van der Waals surface area contributed by atoms with Gasteiger partial charge in [0.15, 0.2) is 0 Å². The molecule has 13 heavy (non-hydrogen) atoms. The Morgan fingerprint density at radius 2 is 2.00 bits per heavy atom. The highest BCUT2D eigenvalue weighted by Gasteiger charge is 1.93. The first-order valence-corrected chi connectivity index (χ1v) is 5.11. The lowest BCUT2D eigenvalue weighted by Crippen LogP contribution is -1.94. The molecule has 1 nitrogen and oxygen atoms in total. The number of nitrogens with zero attached hydrogens (tertiary/aromatic N) is 1. The van der Waals surface area contributed by atoms with Gasteiger partial charge in [-0.1, -0.05) is 18.6 Å². The van der Waals surface area contributed by atoms with E-state index in [0.29, 0.717) is 0 Å². The average molecular weight is 177 g/mol. The highest BCUT2D eigenvalue weighted by Crippen LogP contribution is 2.09. The van der Waals surface area contributed by atoms with Crippen molar-refractivity contribution in [2.45, 2.75) is 39.7 Å². The number of allylic oxidation sites excluding steroid dienone is 2. The summed E-state index contributed by atoms with van der Waals surface area (Å²) in [6, 6.07) is 4.16. The van der Waals surface area contributed by atoms with Crippen LogP contribution in [0.4, 0.5) is 0 Å². The number of aromatic nitrogens is 1. The van der Waals surface area contributed by atoms with Gasteiger partial charge in [-0.3, -0.25) is 0 Å². The van der Waals surface area contributed by atoms with Crippen LogP contribution in [0.3, 0.4) is 0 Å². The second-order valence-electron chi connectivity index (χ2n) is 3.32. The van der Waals surface area contributed by atoms with Crippen LogP contribution in [0.25, 0.3) is 0 Å². The van der Waals surface area contributed by atoms with E-state index in [4.69, 9.17) is 0 Å². The quantitative estimate of drug-likeness (QED) is 0.605. The van der Waals surface area contributed by atoms with Crippen LogP contribution < -0.4 is 0 Å². The number of hydrogen-bond donors (Lipinski definition) is 0. The van der Waals surface area contributed by atoms with Crippen molar-refractivity contribution in [3.05, 3.63) is 36.2 Å². The highest BCUT2D eigenvalue weighted by molar-refractivity contribution is 4.99. The Kier molecular flexibility index (Phi) is 4.37. The Morgan fingerprint density at radius 3 is 2.54 bits per heavy atom. The predicted octanol–water partition coefficient (Wildman–Crippen LogP) is 3.62. The van der Waals surface area contributed by atoms with Gasteiger partial charge in [-0.2, -0.15) is 0 Å². The minimum absolute atomic E-state index is 1.14. The van der Waals surface area contributed by atoms with Gasteiger partial charge in [-0.15, -0.1) is 0 Å². The van der Waals surface area contributed by atoms with Crippen LogP contribution in [0.5, 0.6) is 0 Å². The molecule has 0 aliphatic heterocycles. The van der Waals surface area contributed by atoms with Crippen LogP contribution in [0.1, 0.15) is 33.1 Å². The zero-order chi connectivity index (χ0) is 9.52. The molecule has 0 saturated carbocycles. The van der Waals surface area contributed by atoms with Gasteiger partial charge in [-0.25, -0.2) is 0 Å². The Balaban J connectivity index is 2.21. The van der Waals surface area contributed by atoms with Gasteiger partial charge in [0.05, 0.1) is 0 Å². The second-order valence-corrected chi connectivity index (χ2v) is 3.32. The van der Waals surface area contributed by atoms with Gasteiger partial charge in [0.2, 0.25) is 0 Å². The summed E-state index contributed by atoms with van der Waals surface area (Å²) in [4.78, 5) is 0. The van der Waals surface area contributed by atoms with E-state index in [0.717, 1.165) is 6.54 Å². The number of rotatable bonds is 5. The molecule has 0 spiro atoms. The van der Waals surface area contributed by atoms with Crippen molar-refractivity contribution in [3.8, 4) is 0 Å². The van der Waals surface area contributed by atoms with Gasteiger partial charge in [-0.05, 0) is 38.3 Å². The molecule has 0 atom stereocenters.